The molecule has 186 valence electrons. The smallest absolute Gasteiger partial charge is 0.406 e. The molecule has 0 aliphatic heterocycles. The number of halogens is 6. The molecule has 1 amide bonds. The van der Waals surface area contributed by atoms with Crippen LogP contribution in [0.5, 0.6) is 11.5 Å². The summed E-state index contributed by atoms with van der Waals surface area (Å²) in [5.74, 6) is -1.90. The molecule has 15 heteroatoms. The Hall–Kier alpha value is -3.91. The predicted octanol–water partition coefficient (Wildman–Crippen LogP) is 4.22. The highest BCUT2D eigenvalue weighted by Gasteiger charge is 2.35. The third kappa shape index (κ3) is 6.36. The van der Waals surface area contributed by atoms with Gasteiger partial charge in [0, 0.05) is 29.9 Å². The summed E-state index contributed by atoms with van der Waals surface area (Å²) >= 11 is 0. The third-order valence-electron chi connectivity index (χ3n) is 4.70. The van der Waals surface area contributed by atoms with E-state index in [1.54, 1.807) is 0 Å². The Morgan fingerprint density at radius 3 is 2.20 bits per heavy atom. The van der Waals surface area contributed by atoms with Crippen molar-refractivity contribution in [2.24, 2.45) is 0 Å². The lowest BCUT2D eigenvalue weighted by molar-refractivity contribution is -0.276. The van der Waals surface area contributed by atoms with Crippen molar-refractivity contribution in [3.05, 3.63) is 54.0 Å². The SMILES string of the molecule is C[C@H](NC(=O)c1cc(OC(F)(F)F)cc(OC(F)(F)F)c1)c1nc(C2CC2)nn1-c1cnccn1. The van der Waals surface area contributed by atoms with Crippen LogP contribution in [0.4, 0.5) is 26.3 Å². The molecule has 1 atom stereocenters. The van der Waals surface area contributed by atoms with E-state index in [0.29, 0.717) is 29.8 Å². The van der Waals surface area contributed by atoms with Gasteiger partial charge in [-0.05, 0) is 31.9 Å². The highest BCUT2D eigenvalue weighted by molar-refractivity contribution is 5.95. The summed E-state index contributed by atoms with van der Waals surface area (Å²) in [7, 11) is 0. The van der Waals surface area contributed by atoms with Crippen LogP contribution in [0, 0.1) is 0 Å². The number of hydrogen-bond acceptors (Lipinski definition) is 7. The van der Waals surface area contributed by atoms with E-state index >= 15 is 0 Å². The minimum atomic E-state index is -5.20. The topological polar surface area (TPSA) is 104 Å². The van der Waals surface area contributed by atoms with Crippen molar-refractivity contribution in [3.63, 3.8) is 0 Å². The second-order valence-corrected chi connectivity index (χ2v) is 7.56. The maximum atomic E-state index is 12.8. The zero-order valence-corrected chi connectivity index (χ0v) is 17.8. The van der Waals surface area contributed by atoms with Crippen molar-refractivity contribution < 1.29 is 40.6 Å². The van der Waals surface area contributed by atoms with Gasteiger partial charge in [0.15, 0.2) is 17.5 Å². The largest absolute Gasteiger partial charge is 0.573 e. The first-order chi connectivity index (χ1) is 16.4. The van der Waals surface area contributed by atoms with Crippen LogP contribution >= 0.6 is 0 Å². The van der Waals surface area contributed by atoms with Gasteiger partial charge in [0.2, 0.25) is 0 Å². The van der Waals surface area contributed by atoms with Crippen LogP contribution in [0.25, 0.3) is 5.82 Å². The lowest BCUT2D eigenvalue weighted by Gasteiger charge is -2.16. The number of amides is 1. The minimum Gasteiger partial charge on any atom is -0.406 e. The van der Waals surface area contributed by atoms with Crippen molar-refractivity contribution in [2.75, 3.05) is 0 Å². The first-order valence-electron chi connectivity index (χ1n) is 10.1. The summed E-state index contributed by atoms with van der Waals surface area (Å²) in [6.07, 6.45) is -4.34. The van der Waals surface area contributed by atoms with Gasteiger partial charge < -0.3 is 14.8 Å². The number of benzene rings is 1. The number of carbonyl (C=O) groups is 1. The average molecular weight is 502 g/mol. The number of hydrogen-bond donors (Lipinski definition) is 1. The summed E-state index contributed by atoms with van der Waals surface area (Å²) in [4.78, 5) is 25.4. The molecule has 0 radical (unpaired) electrons. The summed E-state index contributed by atoms with van der Waals surface area (Å²) in [5, 5.41) is 6.91. The fraction of sp³-hybridized carbons (Fsp3) is 0.350. The number of aromatic nitrogens is 5. The van der Waals surface area contributed by atoms with Crippen molar-refractivity contribution in [3.8, 4) is 17.3 Å². The molecule has 35 heavy (non-hydrogen) atoms. The van der Waals surface area contributed by atoms with Crippen LogP contribution in [0.15, 0.2) is 36.8 Å². The number of alkyl halides is 6. The molecule has 2 heterocycles. The van der Waals surface area contributed by atoms with Gasteiger partial charge in [0.25, 0.3) is 5.91 Å². The number of rotatable bonds is 7. The fourth-order valence-corrected chi connectivity index (χ4v) is 3.14. The Balaban J connectivity index is 1.62. The van der Waals surface area contributed by atoms with E-state index < -0.39 is 41.7 Å². The molecular formula is C20H16F6N6O3. The first-order valence-corrected chi connectivity index (χ1v) is 10.1. The van der Waals surface area contributed by atoms with Gasteiger partial charge in [-0.3, -0.25) is 9.78 Å². The number of ether oxygens (including phenoxy) is 2. The van der Waals surface area contributed by atoms with E-state index in [1.807, 2.05) is 0 Å². The van der Waals surface area contributed by atoms with Crippen LogP contribution in [-0.2, 0) is 0 Å². The highest BCUT2D eigenvalue weighted by atomic mass is 19.4. The zero-order chi connectivity index (χ0) is 25.4. The Bertz CT molecular complexity index is 1180. The van der Waals surface area contributed by atoms with Crippen molar-refractivity contribution >= 4 is 5.91 Å². The fourth-order valence-electron chi connectivity index (χ4n) is 3.14. The average Bonchev–Trinajstić information content (AvgIpc) is 3.49. The van der Waals surface area contributed by atoms with E-state index in [9.17, 15) is 31.1 Å². The number of nitrogens with zero attached hydrogens (tertiary/aromatic N) is 5. The molecule has 0 spiro atoms. The molecule has 3 aromatic rings. The van der Waals surface area contributed by atoms with Crippen LogP contribution < -0.4 is 14.8 Å². The van der Waals surface area contributed by atoms with Gasteiger partial charge in [0.1, 0.15) is 11.5 Å². The molecule has 1 aliphatic carbocycles. The van der Waals surface area contributed by atoms with Gasteiger partial charge >= 0.3 is 12.7 Å². The molecule has 1 N–H and O–H groups in total. The van der Waals surface area contributed by atoms with Gasteiger partial charge in [-0.2, -0.15) is 4.68 Å². The van der Waals surface area contributed by atoms with Gasteiger partial charge in [-0.25, -0.2) is 9.97 Å². The maximum Gasteiger partial charge on any atom is 0.573 e. The molecule has 1 saturated carbocycles. The predicted molar refractivity (Wildman–Crippen MR) is 105 cm³/mol. The van der Waals surface area contributed by atoms with E-state index in [1.165, 1.54) is 30.2 Å². The molecule has 1 aliphatic rings. The summed E-state index contributed by atoms with van der Waals surface area (Å²) < 4.78 is 84.6. The molecule has 1 aromatic carbocycles. The molecule has 2 aromatic heterocycles. The van der Waals surface area contributed by atoms with Crippen molar-refractivity contribution in [1.29, 1.82) is 0 Å². The van der Waals surface area contributed by atoms with Crippen LogP contribution in [0.1, 0.15) is 53.7 Å². The molecule has 0 bridgehead atoms. The van der Waals surface area contributed by atoms with Crippen LogP contribution in [-0.4, -0.2) is 43.4 Å². The third-order valence-corrected chi connectivity index (χ3v) is 4.70. The van der Waals surface area contributed by atoms with Crippen molar-refractivity contribution in [2.45, 2.75) is 44.4 Å². The van der Waals surface area contributed by atoms with E-state index in [-0.39, 0.29) is 11.7 Å². The Labute approximate surface area is 193 Å². The quantitative estimate of drug-likeness (QED) is 0.483. The van der Waals surface area contributed by atoms with Gasteiger partial charge in [0.05, 0.1) is 12.2 Å². The number of nitrogens with one attached hydrogen (secondary N) is 1. The zero-order valence-electron chi connectivity index (χ0n) is 17.8. The van der Waals surface area contributed by atoms with E-state index in [0.717, 1.165) is 12.8 Å². The standard InChI is InChI=1S/C20H16F6N6O3/c1-10(17-30-16(11-2-3-11)31-32(17)15-9-27-4-5-28-15)29-18(33)12-6-13(34-19(21,22)23)8-14(7-12)35-20(24,25)26/h4-11H,2-3H2,1H3,(H,29,33)/t10-/m0/s1. The normalized spacial score (nSPS) is 14.9. The summed E-state index contributed by atoms with van der Waals surface area (Å²) in [5.41, 5.74) is -0.564. The summed E-state index contributed by atoms with van der Waals surface area (Å²) in [6, 6.07) is 0.779. The highest BCUT2D eigenvalue weighted by Crippen LogP contribution is 2.39. The summed E-state index contributed by atoms with van der Waals surface area (Å²) in [6.45, 7) is 1.52. The molecule has 0 saturated heterocycles. The van der Waals surface area contributed by atoms with Gasteiger partial charge in [-0.1, -0.05) is 0 Å². The molecule has 4 rings (SSSR count). The minimum absolute atomic E-state index is 0.146. The van der Waals surface area contributed by atoms with E-state index in [4.69, 9.17) is 0 Å². The lowest BCUT2D eigenvalue weighted by Crippen LogP contribution is -2.29. The molecule has 1 fully saturated rings. The lowest BCUT2D eigenvalue weighted by atomic mass is 10.1. The molecule has 0 unspecified atom stereocenters. The van der Waals surface area contributed by atoms with E-state index in [2.05, 4.69) is 34.8 Å². The van der Waals surface area contributed by atoms with Crippen molar-refractivity contribution in [1.82, 2.24) is 30.0 Å². The maximum absolute atomic E-state index is 12.8. The Morgan fingerprint density at radius 1 is 1.06 bits per heavy atom. The Morgan fingerprint density at radius 2 is 1.69 bits per heavy atom. The second kappa shape index (κ2) is 9.03. The van der Waals surface area contributed by atoms with Gasteiger partial charge in [-0.15, -0.1) is 31.4 Å². The monoisotopic (exact) mass is 502 g/mol. The Kier molecular flexibility index (Phi) is 6.25. The molecular weight excluding hydrogens is 486 g/mol. The number of carbonyl (C=O) groups excluding carboxylic acids is 1. The van der Waals surface area contributed by atoms with Crippen LogP contribution in [0.2, 0.25) is 0 Å². The second-order valence-electron chi connectivity index (χ2n) is 7.56. The molecule has 9 nitrogen and oxygen atoms in total. The van der Waals surface area contributed by atoms with Crippen LogP contribution in [0.3, 0.4) is 0 Å². The first kappa shape index (κ1) is 24.2.